The fraction of sp³-hybridized carbons (Fsp3) is 0.200. The van der Waals surface area contributed by atoms with E-state index in [2.05, 4.69) is 0 Å². The van der Waals surface area contributed by atoms with E-state index in [1.807, 2.05) is 6.92 Å². The first kappa shape index (κ1) is 13.8. The van der Waals surface area contributed by atoms with E-state index >= 15 is 0 Å². The van der Waals surface area contributed by atoms with Crippen molar-refractivity contribution in [2.45, 2.75) is 13.0 Å². The first-order valence-electron chi connectivity index (χ1n) is 5.80. The van der Waals surface area contributed by atoms with E-state index in [4.69, 9.17) is 16.3 Å². The second kappa shape index (κ2) is 5.59. The van der Waals surface area contributed by atoms with Gasteiger partial charge in [-0.25, -0.2) is 4.39 Å². The summed E-state index contributed by atoms with van der Waals surface area (Å²) >= 11 is 5.89. The van der Waals surface area contributed by atoms with Gasteiger partial charge in [0.25, 0.3) is 0 Å². The Kier molecular flexibility index (Phi) is 4.08. The average Bonchev–Trinajstić information content (AvgIpc) is 2.38. The Morgan fingerprint density at radius 3 is 2.53 bits per heavy atom. The lowest BCUT2D eigenvalue weighted by Crippen LogP contribution is -2.05. The number of ether oxygens (including phenoxy) is 1. The van der Waals surface area contributed by atoms with Crippen molar-refractivity contribution < 1.29 is 14.2 Å². The highest BCUT2D eigenvalue weighted by Gasteiger charge is 2.18. The second-order valence-electron chi connectivity index (χ2n) is 4.29. The second-order valence-corrected chi connectivity index (χ2v) is 4.73. The summed E-state index contributed by atoms with van der Waals surface area (Å²) in [5.41, 5.74) is 1.91. The highest BCUT2D eigenvalue weighted by Crippen LogP contribution is 2.32. The van der Waals surface area contributed by atoms with E-state index in [9.17, 15) is 9.50 Å². The first-order valence-corrected chi connectivity index (χ1v) is 6.18. The highest BCUT2D eigenvalue weighted by molar-refractivity contribution is 6.30. The maximum absolute atomic E-state index is 13.3. The third kappa shape index (κ3) is 2.88. The molecule has 0 saturated carbocycles. The van der Waals surface area contributed by atoms with Crippen molar-refractivity contribution >= 4 is 11.6 Å². The van der Waals surface area contributed by atoms with Crippen molar-refractivity contribution in [3.8, 4) is 5.75 Å². The average molecular weight is 281 g/mol. The van der Waals surface area contributed by atoms with Gasteiger partial charge in [-0.3, -0.25) is 0 Å². The summed E-state index contributed by atoms with van der Waals surface area (Å²) in [5.74, 6) is 0.0321. The van der Waals surface area contributed by atoms with Crippen LogP contribution in [0.3, 0.4) is 0 Å². The minimum absolute atomic E-state index is 0.396. The number of halogens is 2. The monoisotopic (exact) mass is 280 g/mol. The van der Waals surface area contributed by atoms with Gasteiger partial charge in [-0.05, 0) is 48.4 Å². The standard InChI is InChI=1S/C15H14ClFO2/c1-9-7-10(16)3-5-12(9)15(18)13-8-11(17)4-6-14(13)19-2/h3-8,15,18H,1-2H3. The van der Waals surface area contributed by atoms with Crippen LogP contribution < -0.4 is 4.74 Å². The number of rotatable bonds is 3. The number of aliphatic hydroxyl groups excluding tert-OH is 1. The Morgan fingerprint density at radius 2 is 1.89 bits per heavy atom. The van der Waals surface area contributed by atoms with Crippen LogP contribution in [0.1, 0.15) is 22.8 Å². The largest absolute Gasteiger partial charge is 0.496 e. The normalized spacial score (nSPS) is 12.3. The van der Waals surface area contributed by atoms with Crippen LogP contribution in [-0.4, -0.2) is 12.2 Å². The van der Waals surface area contributed by atoms with E-state index in [0.717, 1.165) is 5.56 Å². The molecular formula is C15H14ClFO2. The molecule has 0 amide bonds. The molecule has 0 saturated heterocycles. The van der Waals surface area contributed by atoms with Crippen molar-refractivity contribution in [3.63, 3.8) is 0 Å². The van der Waals surface area contributed by atoms with Crippen LogP contribution in [0, 0.1) is 12.7 Å². The summed E-state index contributed by atoms with van der Waals surface area (Å²) in [7, 11) is 1.48. The number of hydrogen-bond donors (Lipinski definition) is 1. The molecule has 1 N–H and O–H groups in total. The van der Waals surface area contributed by atoms with Gasteiger partial charge in [-0.2, -0.15) is 0 Å². The molecule has 0 radical (unpaired) electrons. The Balaban J connectivity index is 2.49. The van der Waals surface area contributed by atoms with Crippen molar-refractivity contribution in [1.82, 2.24) is 0 Å². The van der Waals surface area contributed by atoms with Gasteiger partial charge >= 0.3 is 0 Å². The minimum Gasteiger partial charge on any atom is -0.496 e. The zero-order valence-electron chi connectivity index (χ0n) is 10.7. The van der Waals surface area contributed by atoms with Crippen molar-refractivity contribution in [2.75, 3.05) is 7.11 Å². The fourth-order valence-electron chi connectivity index (χ4n) is 2.03. The smallest absolute Gasteiger partial charge is 0.125 e. The topological polar surface area (TPSA) is 29.5 Å². The maximum Gasteiger partial charge on any atom is 0.125 e. The molecule has 0 aliphatic rings. The van der Waals surface area contributed by atoms with Crippen molar-refractivity contribution in [2.24, 2.45) is 0 Å². The molecule has 4 heteroatoms. The van der Waals surface area contributed by atoms with Crippen LogP contribution in [0.2, 0.25) is 5.02 Å². The number of aryl methyl sites for hydroxylation is 1. The predicted molar refractivity (Wildman–Crippen MR) is 73.2 cm³/mol. The molecule has 2 nitrogen and oxygen atoms in total. The van der Waals surface area contributed by atoms with Crippen LogP contribution in [0.15, 0.2) is 36.4 Å². The Hall–Kier alpha value is -1.58. The van der Waals surface area contributed by atoms with Gasteiger partial charge in [-0.15, -0.1) is 0 Å². The summed E-state index contributed by atoms with van der Waals surface area (Å²) in [4.78, 5) is 0. The maximum atomic E-state index is 13.3. The Morgan fingerprint density at radius 1 is 1.16 bits per heavy atom. The summed E-state index contributed by atoms with van der Waals surface area (Å²) in [6, 6.07) is 9.25. The molecule has 1 atom stereocenters. The molecule has 0 aliphatic carbocycles. The van der Waals surface area contributed by atoms with Gasteiger partial charge in [0.1, 0.15) is 17.7 Å². The van der Waals surface area contributed by atoms with Gasteiger partial charge in [0.15, 0.2) is 0 Å². The van der Waals surface area contributed by atoms with E-state index < -0.39 is 11.9 Å². The van der Waals surface area contributed by atoms with Gasteiger partial charge in [0.05, 0.1) is 7.11 Å². The SMILES string of the molecule is COc1ccc(F)cc1C(O)c1ccc(Cl)cc1C. The summed E-state index contributed by atoms with van der Waals surface area (Å²) in [5, 5.41) is 11.0. The van der Waals surface area contributed by atoms with Crippen LogP contribution in [0.25, 0.3) is 0 Å². The van der Waals surface area contributed by atoms with E-state index in [1.54, 1.807) is 18.2 Å². The molecule has 2 aromatic rings. The molecule has 100 valence electrons. The molecule has 1 unspecified atom stereocenters. The number of aliphatic hydroxyl groups is 1. The lowest BCUT2D eigenvalue weighted by atomic mass is 9.97. The Labute approximate surface area is 116 Å². The predicted octanol–water partition coefficient (Wildman–Crippen LogP) is 3.88. The van der Waals surface area contributed by atoms with Crippen molar-refractivity contribution in [3.05, 3.63) is 63.9 Å². The summed E-state index contributed by atoms with van der Waals surface area (Å²) < 4.78 is 18.5. The molecule has 0 aliphatic heterocycles. The summed E-state index contributed by atoms with van der Waals surface area (Å²) in [6.45, 7) is 1.84. The van der Waals surface area contributed by atoms with Crippen LogP contribution in [0.5, 0.6) is 5.75 Å². The van der Waals surface area contributed by atoms with Crippen LogP contribution in [-0.2, 0) is 0 Å². The zero-order chi connectivity index (χ0) is 14.0. The van der Waals surface area contributed by atoms with Gasteiger partial charge in [0.2, 0.25) is 0 Å². The molecule has 0 heterocycles. The van der Waals surface area contributed by atoms with Crippen molar-refractivity contribution in [1.29, 1.82) is 0 Å². The number of benzene rings is 2. The van der Waals surface area contributed by atoms with E-state index in [1.165, 1.54) is 25.3 Å². The molecule has 2 aromatic carbocycles. The molecule has 0 spiro atoms. The number of hydrogen-bond acceptors (Lipinski definition) is 2. The fourth-order valence-corrected chi connectivity index (χ4v) is 2.26. The quantitative estimate of drug-likeness (QED) is 0.924. The van der Waals surface area contributed by atoms with Gasteiger partial charge < -0.3 is 9.84 Å². The summed E-state index contributed by atoms with van der Waals surface area (Å²) in [6.07, 6.45) is -0.956. The molecule has 0 aromatic heterocycles. The van der Waals surface area contributed by atoms with Crippen LogP contribution >= 0.6 is 11.6 Å². The molecule has 0 fully saturated rings. The molecule has 2 rings (SSSR count). The highest BCUT2D eigenvalue weighted by atomic mass is 35.5. The lowest BCUT2D eigenvalue weighted by molar-refractivity contribution is 0.213. The van der Waals surface area contributed by atoms with Crippen LogP contribution in [0.4, 0.5) is 4.39 Å². The molecule has 0 bridgehead atoms. The zero-order valence-corrected chi connectivity index (χ0v) is 11.4. The van der Waals surface area contributed by atoms with E-state index in [0.29, 0.717) is 21.9 Å². The number of methoxy groups -OCH3 is 1. The Bertz CT molecular complexity index is 599. The third-order valence-electron chi connectivity index (χ3n) is 3.01. The molecular weight excluding hydrogens is 267 g/mol. The third-order valence-corrected chi connectivity index (χ3v) is 3.25. The molecule has 19 heavy (non-hydrogen) atoms. The minimum atomic E-state index is -0.956. The lowest BCUT2D eigenvalue weighted by Gasteiger charge is -2.17. The first-order chi connectivity index (χ1) is 9.02. The van der Waals surface area contributed by atoms with Gasteiger partial charge in [-0.1, -0.05) is 17.7 Å². The van der Waals surface area contributed by atoms with E-state index in [-0.39, 0.29) is 0 Å². The van der Waals surface area contributed by atoms with Gasteiger partial charge in [0, 0.05) is 10.6 Å².